The highest BCUT2D eigenvalue weighted by molar-refractivity contribution is 5.89. The van der Waals surface area contributed by atoms with E-state index in [4.69, 9.17) is 0 Å². The SMILES string of the molecule is OC=CCc1ccc(C=Cc2ccccc2)c(Nc2ccnnn2)c1Nc1ccnnn1. The molecule has 2 aromatic heterocycles. The first-order chi connectivity index (χ1) is 15.8. The number of hydrogen-bond donors (Lipinski definition) is 3. The second-order valence-corrected chi connectivity index (χ2v) is 6.66. The quantitative estimate of drug-likeness (QED) is 0.280. The van der Waals surface area contributed by atoms with E-state index in [2.05, 4.69) is 41.5 Å². The molecule has 158 valence electrons. The van der Waals surface area contributed by atoms with Crippen LogP contribution in [0, 0.1) is 0 Å². The molecule has 4 rings (SSSR count). The van der Waals surface area contributed by atoms with E-state index in [0.29, 0.717) is 18.1 Å². The molecule has 0 unspecified atom stereocenters. The fourth-order valence-corrected chi connectivity index (χ4v) is 3.05. The normalized spacial score (nSPS) is 11.1. The fourth-order valence-electron chi connectivity index (χ4n) is 3.05. The van der Waals surface area contributed by atoms with E-state index >= 15 is 0 Å². The van der Waals surface area contributed by atoms with Crippen LogP contribution in [0.2, 0.25) is 0 Å². The summed E-state index contributed by atoms with van der Waals surface area (Å²) in [5.41, 5.74) is 4.44. The maximum absolute atomic E-state index is 9.19. The van der Waals surface area contributed by atoms with Gasteiger partial charge in [-0.2, -0.15) is 0 Å². The first kappa shape index (κ1) is 20.6. The maximum Gasteiger partial charge on any atom is 0.156 e. The van der Waals surface area contributed by atoms with Gasteiger partial charge < -0.3 is 15.7 Å². The minimum Gasteiger partial charge on any atom is -0.516 e. The van der Waals surface area contributed by atoms with Crippen LogP contribution in [0.1, 0.15) is 16.7 Å². The Kier molecular flexibility index (Phi) is 6.69. The number of benzene rings is 2. The van der Waals surface area contributed by atoms with Crippen molar-refractivity contribution in [2.45, 2.75) is 6.42 Å². The molecule has 32 heavy (non-hydrogen) atoms. The molecule has 0 aliphatic rings. The molecule has 9 nitrogen and oxygen atoms in total. The minimum atomic E-state index is 0.497. The third kappa shape index (κ3) is 5.28. The number of nitrogens with one attached hydrogen (secondary N) is 2. The molecule has 0 atom stereocenters. The summed E-state index contributed by atoms with van der Waals surface area (Å²) < 4.78 is 0. The van der Waals surface area contributed by atoms with Crippen LogP contribution in [-0.2, 0) is 6.42 Å². The van der Waals surface area contributed by atoms with Crippen molar-refractivity contribution >= 4 is 35.2 Å². The van der Waals surface area contributed by atoms with Crippen LogP contribution in [0.15, 0.2) is 79.3 Å². The van der Waals surface area contributed by atoms with Gasteiger partial charge in [-0.15, -0.1) is 20.4 Å². The second kappa shape index (κ2) is 10.4. The number of anilines is 4. The van der Waals surface area contributed by atoms with Crippen LogP contribution in [0.25, 0.3) is 12.2 Å². The van der Waals surface area contributed by atoms with Gasteiger partial charge in [0.05, 0.1) is 30.0 Å². The Balaban J connectivity index is 1.82. The molecule has 0 saturated heterocycles. The van der Waals surface area contributed by atoms with Gasteiger partial charge in [0.1, 0.15) is 0 Å². The summed E-state index contributed by atoms with van der Waals surface area (Å²) >= 11 is 0. The van der Waals surface area contributed by atoms with E-state index in [1.807, 2.05) is 54.6 Å². The molecule has 0 fully saturated rings. The molecule has 0 bridgehead atoms. The monoisotopic (exact) mass is 424 g/mol. The third-order valence-corrected chi connectivity index (χ3v) is 4.53. The Labute approximate surface area is 184 Å². The smallest absolute Gasteiger partial charge is 0.156 e. The van der Waals surface area contributed by atoms with Crippen molar-refractivity contribution in [2.75, 3.05) is 10.6 Å². The van der Waals surface area contributed by atoms with Gasteiger partial charge >= 0.3 is 0 Å². The Morgan fingerprint density at radius 3 is 2.06 bits per heavy atom. The predicted molar refractivity (Wildman–Crippen MR) is 124 cm³/mol. The Hall–Kier alpha value is -4.66. The van der Waals surface area contributed by atoms with Crippen LogP contribution in [0.4, 0.5) is 23.0 Å². The van der Waals surface area contributed by atoms with E-state index < -0.39 is 0 Å². The molecule has 0 radical (unpaired) electrons. The number of nitrogens with zero attached hydrogens (tertiary/aromatic N) is 6. The molecular formula is C23H20N8O. The fraction of sp³-hybridized carbons (Fsp3) is 0.0435. The van der Waals surface area contributed by atoms with Gasteiger partial charge in [0.15, 0.2) is 11.6 Å². The van der Waals surface area contributed by atoms with E-state index in [1.165, 1.54) is 0 Å². The third-order valence-electron chi connectivity index (χ3n) is 4.53. The largest absolute Gasteiger partial charge is 0.516 e. The lowest BCUT2D eigenvalue weighted by Gasteiger charge is -2.19. The zero-order valence-corrected chi connectivity index (χ0v) is 17.0. The highest BCUT2D eigenvalue weighted by atomic mass is 16.2. The van der Waals surface area contributed by atoms with Crippen LogP contribution in [0.3, 0.4) is 0 Å². The molecule has 0 amide bonds. The number of allylic oxidation sites excluding steroid dienone is 1. The highest BCUT2D eigenvalue weighted by Crippen LogP contribution is 2.36. The van der Waals surface area contributed by atoms with Crippen molar-refractivity contribution < 1.29 is 5.11 Å². The van der Waals surface area contributed by atoms with Crippen LogP contribution in [0.5, 0.6) is 0 Å². The first-order valence-corrected chi connectivity index (χ1v) is 9.84. The van der Waals surface area contributed by atoms with Crippen LogP contribution < -0.4 is 10.6 Å². The number of aliphatic hydroxyl groups excluding tert-OH is 1. The molecule has 2 heterocycles. The molecule has 0 spiro atoms. The van der Waals surface area contributed by atoms with Crippen molar-refractivity contribution in [1.29, 1.82) is 0 Å². The van der Waals surface area contributed by atoms with E-state index in [0.717, 1.165) is 34.3 Å². The van der Waals surface area contributed by atoms with E-state index in [9.17, 15) is 5.11 Å². The van der Waals surface area contributed by atoms with E-state index in [-0.39, 0.29) is 0 Å². The Bertz CT molecular complexity index is 1200. The molecule has 2 aromatic carbocycles. The van der Waals surface area contributed by atoms with Gasteiger partial charge in [0, 0.05) is 17.7 Å². The van der Waals surface area contributed by atoms with Gasteiger partial charge in [0.25, 0.3) is 0 Å². The molecule has 0 saturated carbocycles. The summed E-state index contributed by atoms with van der Waals surface area (Å²) in [7, 11) is 0. The molecule has 9 heteroatoms. The summed E-state index contributed by atoms with van der Waals surface area (Å²) in [6, 6.07) is 17.5. The summed E-state index contributed by atoms with van der Waals surface area (Å²) in [6.07, 6.45) is 10.4. The molecule has 3 N–H and O–H groups in total. The predicted octanol–water partition coefficient (Wildman–Crippen LogP) is 4.33. The standard InChI is InChI=1S/C23H20N8O/c32-16-4-7-18-10-11-19(9-8-17-5-2-1-3-6-17)23(27-21-13-15-25-31-29-21)22(18)26-20-12-14-24-30-28-20/h1-6,8-16,32H,7H2,(H,24,26,28)(H,25,27,29). The van der Waals surface area contributed by atoms with Gasteiger partial charge in [0.2, 0.25) is 0 Å². The highest BCUT2D eigenvalue weighted by Gasteiger charge is 2.14. The zero-order valence-electron chi connectivity index (χ0n) is 17.0. The van der Waals surface area contributed by atoms with Crippen LogP contribution >= 0.6 is 0 Å². The number of aliphatic hydroxyl groups is 1. The molecule has 0 aliphatic carbocycles. The molecule has 0 aliphatic heterocycles. The minimum absolute atomic E-state index is 0.497. The molecular weight excluding hydrogens is 404 g/mol. The van der Waals surface area contributed by atoms with Gasteiger partial charge in [-0.1, -0.05) is 54.6 Å². The first-order valence-electron chi connectivity index (χ1n) is 9.84. The summed E-state index contributed by atoms with van der Waals surface area (Å²) in [5.74, 6) is 1.07. The van der Waals surface area contributed by atoms with Crippen molar-refractivity contribution in [3.05, 3.63) is 96.0 Å². The van der Waals surface area contributed by atoms with Crippen molar-refractivity contribution in [1.82, 2.24) is 30.8 Å². The zero-order chi connectivity index (χ0) is 22.0. The summed E-state index contributed by atoms with van der Waals surface area (Å²) in [5, 5.41) is 38.8. The Morgan fingerprint density at radius 1 is 0.750 bits per heavy atom. The van der Waals surface area contributed by atoms with Gasteiger partial charge in [-0.3, -0.25) is 0 Å². The van der Waals surface area contributed by atoms with Crippen LogP contribution in [-0.4, -0.2) is 35.9 Å². The summed E-state index contributed by atoms with van der Waals surface area (Å²) in [4.78, 5) is 0. The lowest BCUT2D eigenvalue weighted by molar-refractivity contribution is 0.471. The number of rotatable bonds is 8. The van der Waals surface area contributed by atoms with Crippen molar-refractivity contribution in [3.63, 3.8) is 0 Å². The van der Waals surface area contributed by atoms with Gasteiger partial charge in [-0.05, 0) is 34.1 Å². The average Bonchev–Trinajstić information content (AvgIpc) is 2.85. The maximum atomic E-state index is 9.19. The topological polar surface area (TPSA) is 122 Å². The lowest BCUT2D eigenvalue weighted by atomic mass is 10.0. The number of hydrogen-bond acceptors (Lipinski definition) is 9. The van der Waals surface area contributed by atoms with Crippen molar-refractivity contribution in [2.24, 2.45) is 0 Å². The van der Waals surface area contributed by atoms with Gasteiger partial charge in [-0.25, -0.2) is 0 Å². The molecule has 4 aromatic rings. The second-order valence-electron chi connectivity index (χ2n) is 6.66. The summed E-state index contributed by atoms with van der Waals surface area (Å²) in [6.45, 7) is 0. The average molecular weight is 424 g/mol. The van der Waals surface area contributed by atoms with E-state index in [1.54, 1.807) is 30.6 Å². The van der Waals surface area contributed by atoms with Crippen molar-refractivity contribution in [3.8, 4) is 0 Å². The number of aromatic nitrogens is 6. The Morgan fingerprint density at radius 2 is 1.44 bits per heavy atom. The lowest BCUT2D eigenvalue weighted by Crippen LogP contribution is -2.06.